The molecule has 20 heavy (non-hydrogen) atoms. The van der Waals surface area contributed by atoms with Gasteiger partial charge in [-0.15, -0.1) is 5.10 Å². The molecule has 0 amide bonds. The molecule has 2 N–H and O–H groups in total. The molecule has 1 heterocycles. The van der Waals surface area contributed by atoms with Gasteiger partial charge in [0.05, 0.1) is 6.54 Å². The largest absolute Gasteiger partial charge is 0.407 e. The van der Waals surface area contributed by atoms with Crippen LogP contribution >= 0.6 is 0 Å². The van der Waals surface area contributed by atoms with Crippen LogP contribution in [0.1, 0.15) is 64.7 Å². The Morgan fingerprint density at radius 2 is 1.95 bits per heavy atom. The Bertz CT molecular complexity index is 374. The van der Waals surface area contributed by atoms with E-state index in [0.29, 0.717) is 24.5 Å². The number of hydrogen-bond acceptors (Lipinski definition) is 5. The highest BCUT2D eigenvalue weighted by atomic mass is 16.4. The first-order chi connectivity index (χ1) is 9.74. The second kappa shape index (κ2) is 8.25. The molecule has 1 aliphatic carbocycles. The second-order valence-electron chi connectivity index (χ2n) is 6.18. The summed E-state index contributed by atoms with van der Waals surface area (Å²) in [6.45, 7) is 6.17. The van der Waals surface area contributed by atoms with E-state index in [-0.39, 0.29) is 0 Å². The lowest BCUT2D eigenvalue weighted by Gasteiger charge is -2.04. The molecule has 0 unspecified atom stereocenters. The molecule has 1 aromatic rings. The minimum atomic E-state index is 0.555. The van der Waals surface area contributed by atoms with Gasteiger partial charge in [-0.25, -0.2) is 0 Å². The molecular weight excluding hydrogens is 252 g/mol. The lowest BCUT2D eigenvalue weighted by atomic mass is 10.0. The predicted molar refractivity (Wildman–Crippen MR) is 80.6 cm³/mol. The number of nitrogens with one attached hydrogen (secondary N) is 2. The van der Waals surface area contributed by atoms with Crippen LogP contribution in [0, 0.1) is 5.92 Å². The first-order valence-corrected chi connectivity index (χ1v) is 8.03. The molecule has 0 bridgehead atoms. The molecule has 1 aromatic heterocycles. The summed E-state index contributed by atoms with van der Waals surface area (Å²) in [6.07, 6.45) is 8.98. The summed E-state index contributed by atoms with van der Waals surface area (Å²) < 4.78 is 5.53. The second-order valence-corrected chi connectivity index (χ2v) is 6.18. The number of nitrogens with zero attached hydrogens (tertiary/aromatic N) is 2. The Balaban J connectivity index is 1.48. The van der Waals surface area contributed by atoms with E-state index in [1.54, 1.807) is 0 Å². The third-order valence-electron chi connectivity index (χ3n) is 3.57. The van der Waals surface area contributed by atoms with Gasteiger partial charge in [-0.05, 0) is 25.2 Å². The molecule has 2 rings (SSSR count). The first-order valence-electron chi connectivity index (χ1n) is 8.03. The first kappa shape index (κ1) is 15.3. The van der Waals surface area contributed by atoms with Gasteiger partial charge in [0.15, 0.2) is 0 Å². The maximum Gasteiger partial charge on any atom is 0.315 e. The molecule has 114 valence electrons. The van der Waals surface area contributed by atoms with E-state index in [1.807, 2.05) is 0 Å². The number of anilines is 1. The lowest BCUT2D eigenvalue weighted by Crippen LogP contribution is -2.15. The van der Waals surface area contributed by atoms with Crippen LogP contribution in [-0.4, -0.2) is 22.8 Å². The lowest BCUT2D eigenvalue weighted by molar-refractivity contribution is 0.474. The van der Waals surface area contributed by atoms with Crippen molar-refractivity contribution < 1.29 is 4.42 Å². The summed E-state index contributed by atoms with van der Waals surface area (Å²) in [5.74, 6) is 1.51. The summed E-state index contributed by atoms with van der Waals surface area (Å²) >= 11 is 0. The zero-order valence-electron chi connectivity index (χ0n) is 12.8. The van der Waals surface area contributed by atoms with Crippen LogP contribution in [-0.2, 0) is 6.54 Å². The average molecular weight is 280 g/mol. The van der Waals surface area contributed by atoms with Crippen molar-refractivity contribution in [2.75, 3.05) is 11.9 Å². The highest BCUT2D eigenvalue weighted by Crippen LogP contribution is 2.19. The van der Waals surface area contributed by atoms with Crippen LogP contribution in [0.3, 0.4) is 0 Å². The van der Waals surface area contributed by atoms with E-state index < -0.39 is 0 Å². The van der Waals surface area contributed by atoms with Crippen molar-refractivity contribution in [2.24, 2.45) is 5.92 Å². The minimum absolute atomic E-state index is 0.555. The van der Waals surface area contributed by atoms with Crippen LogP contribution in [0.25, 0.3) is 0 Å². The highest BCUT2D eigenvalue weighted by molar-refractivity contribution is 5.16. The molecule has 0 saturated heterocycles. The van der Waals surface area contributed by atoms with Crippen molar-refractivity contribution in [3.8, 4) is 0 Å². The maximum atomic E-state index is 5.53. The van der Waals surface area contributed by atoms with E-state index in [9.17, 15) is 0 Å². The van der Waals surface area contributed by atoms with Gasteiger partial charge in [0.1, 0.15) is 0 Å². The molecule has 5 nitrogen and oxygen atoms in total. The average Bonchev–Trinajstić information content (AvgIpc) is 3.14. The van der Waals surface area contributed by atoms with Crippen LogP contribution in [0.5, 0.6) is 0 Å². The zero-order chi connectivity index (χ0) is 14.2. The molecule has 0 atom stereocenters. The molecule has 0 spiro atoms. The quantitative estimate of drug-likeness (QED) is 0.609. The van der Waals surface area contributed by atoms with Crippen molar-refractivity contribution in [1.29, 1.82) is 0 Å². The standard InChI is InChI=1S/C15H28N4O/c1-12(2)7-5-3-4-6-10-16-15-19-18-14(20-15)11-17-13-8-9-13/h12-13,17H,3-11H2,1-2H3,(H,16,19). The molecule has 1 fully saturated rings. The fourth-order valence-corrected chi connectivity index (χ4v) is 2.14. The Morgan fingerprint density at radius 3 is 2.70 bits per heavy atom. The van der Waals surface area contributed by atoms with E-state index in [1.165, 1.54) is 38.5 Å². The van der Waals surface area contributed by atoms with E-state index in [2.05, 4.69) is 34.7 Å². The molecule has 5 heteroatoms. The zero-order valence-corrected chi connectivity index (χ0v) is 12.8. The summed E-state index contributed by atoms with van der Waals surface area (Å²) in [6, 6.07) is 1.23. The van der Waals surface area contributed by atoms with Crippen molar-refractivity contribution in [1.82, 2.24) is 15.5 Å². The molecule has 0 radical (unpaired) electrons. The van der Waals surface area contributed by atoms with Gasteiger partial charge in [0.2, 0.25) is 5.89 Å². The SMILES string of the molecule is CC(C)CCCCCCNc1nnc(CNC2CC2)o1. The van der Waals surface area contributed by atoms with Gasteiger partial charge in [0, 0.05) is 12.6 Å². The van der Waals surface area contributed by atoms with Crippen LogP contribution in [0.2, 0.25) is 0 Å². The number of aromatic nitrogens is 2. The van der Waals surface area contributed by atoms with Crippen molar-refractivity contribution >= 4 is 6.01 Å². The Morgan fingerprint density at radius 1 is 1.15 bits per heavy atom. The Hall–Kier alpha value is -1.10. The topological polar surface area (TPSA) is 63.0 Å². The monoisotopic (exact) mass is 280 g/mol. The van der Waals surface area contributed by atoms with Gasteiger partial charge in [-0.3, -0.25) is 0 Å². The number of rotatable bonds is 11. The molecule has 1 saturated carbocycles. The number of unbranched alkanes of at least 4 members (excludes halogenated alkanes) is 3. The predicted octanol–water partition coefficient (Wildman–Crippen LogP) is 3.34. The third-order valence-corrected chi connectivity index (χ3v) is 3.57. The smallest absolute Gasteiger partial charge is 0.315 e. The van der Waals surface area contributed by atoms with Gasteiger partial charge in [-0.1, -0.05) is 44.6 Å². The Labute approximate surface area is 121 Å². The molecule has 0 aromatic carbocycles. The van der Waals surface area contributed by atoms with Gasteiger partial charge >= 0.3 is 6.01 Å². The van der Waals surface area contributed by atoms with E-state index in [0.717, 1.165) is 18.9 Å². The number of hydrogen-bond donors (Lipinski definition) is 2. The van der Waals surface area contributed by atoms with Crippen LogP contribution in [0.15, 0.2) is 4.42 Å². The van der Waals surface area contributed by atoms with Crippen LogP contribution < -0.4 is 10.6 Å². The summed E-state index contributed by atoms with van der Waals surface area (Å²) in [5.41, 5.74) is 0. The third kappa shape index (κ3) is 6.37. The van der Waals surface area contributed by atoms with Crippen molar-refractivity contribution in [3.63, 3.8) is 0 Å². The normalized spacial score (nSPS) is 14.9. The Kier molecular flexibility index (Phi) is 6.30. The highest BCUT2D eigenvalue weighted by Gasteiger charge is 2.21. The minimum Gasteiger partial charge on any atom is -0.407 e. The van der Waals surface area contributed by atoms with E-state index in [4.69, 9.17) is 4.42 Å². The summed E-state index contributed by atoms with van der Waals surface area (Å²) in [5, 5.41) is 14.6. The summed E-state index contributed by atoms with van der Waals surface area (Å²) in [7, 11) is 0. The van der Waals surface area contributed by atoms with Gasteiger partial charge < -0.3 is 15.1 Å². The summed E-state index contributed by atoms with van der Waals surface area (Å²) in [4.78, 5) is 0. The fraction of sp³-hybridized carbons (Fsp3) is 0.867. The fourth-order valence-electron chi connectivity index (χ4n) is 2.14. The van der Waals surface area contributed by atoms with Crippen molar-refractivity contribution in [2.45, 2.75) is 71.4 Å². The molecular formula is C15H28N4O. The van der Waals surface area contributed by atoms with E-state index >= 15 is 0 Å². The van der Waals surface area contributed by atoms with Crippen molar-refractivity contribution in [3.05, 3.63) is 5.89 Å². The molecule has 0 aliphatic heterocycles. The molecule has 1 aliphatic rings. The maximum absolute atomic E-state index is 5.53. The van der Waals surface area contributed by atoms with Gasteiger partial charge in [0.25, 0.3) is 0 Å². The van der Waals surface area contributed by atoms with Crippen LogP contribution in [0.4, 0.5) is 6.01 Å². The van der Waals surface area contributed by atoms with Gasteiger partial charge in [-0.2, -0.15) is 0 Å².